The van der Waals surface area contributed by atoms with Crippen LogP contribution in [0.1, 0.15) is 159 Å². The van der Waals surface area contributed by atoms with Gasteiger partial charge in [-0.15, -0.1) is 0 Å². The van der Waals surface area contributed by atoms with Gasteiger partial charge >= 0.3 is 11.9 Å². The number of benzene rings is 2. The Kier molecular flexibility index (Phi) is 18.0. The molecule has 0 bridgehead atoms. The number of fused-ring (bicyclic) bond motifs is 2. The van der Waals surface area contributed by atoms with Crippen LogP contribution in [0.5, 0.6) is 0 Å². The van der Waals surface area contributed by atoms with Gasteiger partial charge in [0.15, 0.2) is 0 Å². The molecule has 0 spiro atoms. The van der Waals surface area contributed by atoms with Crippen LogP contribution in [0, 0.1) is 11.6 Å². The molecular weight excluding hydrogens is 959 g/mol. The maximum absolute atomic E-state index is 14.5. The van der Waals surface area contributed by atoms with Gasteiger partial charge in [0.25, 0.3) is 0 Å². The van der Waals surface area contributed by atoms with E-state index >= 15 is 0 Å². The zero-order valence-electron chi connectivity index (χ0n) is 43.4. The van der Waals surface area contributed by atoms with Crippen LogP contribution in [0.3, 0.4) is 0 Å². The standard InChI is InChI=1S/C59H76F2N6O8/c60-41-18-22-48(52-14-5-8-31-74-52)50(34-41)54(58(68)69)65-27-24-46(37-65)73-30-7-2-4-13-44-20-16-39-11-9-26-67(57(39)64-44)45-33-40-17-21-43(63-56(40)62-36-45)12-3-1-6-29-72-47-25-28-66(38-47)55(59(70)71)51-35-42(61)19-23-49(51)53-15-10-32-75-53/h16-23,34-35,45-47,52-55H,1-15,24-33,36-38H2,(H,62,63)(H,68,69)(H,70,71)/t45?,46-,47-,52-,53+,54-,55+/m1/s1. The first kappa shape index (κ1) is 53.3. The Balaban J connectivity index is 0.631. The fraction of sp³-hybridized carbons (Fsp3) is 0.593. The second-order valence-electron chi connectivity index (χ2n) is 21.7. The molecule has 0 amide bonds. The van der Waals surface area contributed by atoms with Gasteiger partial charge in [-0.1, -0.05) is 37.1 Å². The van der Waals surface area contributed by atoms with Crippen LogP contribution in [-0.2, 0) is 54.2 Å². The lowest BCUT2D eigenvalue weighted by Gasteiger charge is -2.39. The molecule has 10 rings (SSSR count). The first-order valence-corrected chi connectivity index (χ1v) is 28.1. The van der Waals surface area contributed by atoms with E-state index < -0.39 is 35.7 Å². The minimum absolute atomic E-state index is 0.0578. The average molecular weight is 1040 g/mol. The van der Waals surface area contributed by atoms with E-state index in [2.05, 4.69) is 34.5 Å². The van der Waals surface area contributed by atoms with Crippen LogP contribution in [0.2, 0.25) is 0 Å². The summed E-state index contributed by atoms with van der Waals surface area (Å²) in [6.45, 7) is 6.44. The summed E-state index contributed by atoms with van der Waals surface area (Å²) in [6.07, 6.45) is 16.2. The number of hydrogen-bond acceptors (Lipinski definition) is 12. The zero-order chi connectivity index (χ0) is 51.7. The van der Waals surface area contributed by atoms with Crippen molar-refractivity contribution < 1.29 is 47.5 Å². The number of hydrogen-bond donors (Lipinski definition) is 3. The second kappa shape index (κ2) is 25.4. The van der Waals surface area contributed by atoms with Crippen molar-refractivity contribution in [1.29, 1.82) is 0 Å². The Morgan fingerprint density at radius 3 is 1.79 bits per heavy atom. The molecule has 0 aliphatic carbocycles. The predicted molar refractivity (Wildman–Crippen MR) is 281 cm³/mol. The van der Waals surface area contributed by atoms with Gasteiger partial charge in [-0.05, 0) is 173 Å². The number of pyridine rings is 2. The molecule has 16 heteroatoms. The molecule has 404 valence electrons. The quantitative estimate of drug-likeness (QED) is 0.0603. The molecule has 2 aromatic carbocycles. The van der Waals surface area contributed by atoms with Crippen LogP contribution >= 0.6 is 0 Å². The number of ether oxygens (including phenoxy) is 4. The van der Waals surface area contributed by atoms with E-state index in [0.717, 1.165) is 163 Å². The lowest BCUT2D eigenvalue weighted by Crippen LogP contribution is -2.47. The number of likely N-dealkylation sites (tertiary alicyclic amines) is 2. The molecule has 6 aliphatic heterocycles. The van der Waals surface area contributed by atoms with Crippen LogP contribution in [0.25, 0.3) is 0 Å². The number of carboxylic acid groups (broad SMARTS) is 2. The summed E-state index contributed by atoms with van der Waals surface area (Å²) in [5.74, 6) is -0.724. The van der Waals surface area contributed by atoms with Crippen molar-refractivity contribution in [3.8, 4) is 0 Å². The number of aryl methyl sites for hydroxylation is 3. The summed E-state index contributed by atoms with van der Waals surface area (Å²) in [5, 5.41) is 24.4. The highest BCUT2D eigenvalue weighted by molar-refractivity contribution is 5.77. The van der Waals surface area contributed by atoms with Gasteiger partial charge in [0.2, 0.25) is 0 Å². The fourth-order valence-corrected chi connectivity index (χ4v) is 12.6. The molecule has 4 aromatic rings. The van der Waals surface area contributed by atoms with Crippen LogP contribution in [-0.4, -0.2) is 126 Å². The van der Waals surface area contributed by atoms with E-state index in [1.165, 1.54) is 35.4 Å². The highest BCUT2D eigenvalue weighted by Gasteiger charge is 2.39. The number of carbonyl (C=O) groups is 2. The molecule has 6 aliphatic rings. The van der Waals surface area contributed by atoms with E-state index in [9.17, 15) is 28.6 Å². The molecule has 0 radical (unpaired) electrons. The van der Waals surface area contributed by atoms with Gasteiger partial charge in [0.05, 0.1) is 30.5 Å². The summed E-state index contributed by atoms with van der Waals surface area (Å²) in [6, 6.07) is 16.2. The van der Waals surface area contributed by atoms with Crippen LogP contribution < -0.4 is 10.2 Å². The number of aliphatic carboxylic acids is 2. The largest absolute Gasteiger partial charge is 0.480 e. The van der Waals surface area contributed by atoms with Gasteiger partial charge in [0, 0.05) is 77.1 Å². The minimum atomic E-state index is -0.981. The molecule has 3 N–H and O–H groups in total. The monoisotopic (exact) mass is 1030 g/mol. The summed E-state index contributed by atoms with van der Waals surface area (Å²) in [7, 11) is 0. The van der Waals surface area contributed by atoms with Crippen LogP contribution in [0.4, 0.5) is 20.4 Å². The van der Waals surface area contributed by atoms with Gasteiger partial charge < -0.3 is 39.4 Å². The molecule has 0 saturated carbocycles. The zero-order valence-corrected chi connectivity index (χ0v) is 43.4. The summed E-state index contributed by atoms with van der Waals surface area (Å²) >= 11 is 0. The van der Waals surface area contributed by atoms with E-state index in [-0.39, 0.29) is 30.5 Å². The number of anilines is 2. The topological polar surface area (TPSA) is 159 Å². The molecule has 2 aromatic heterocycles. The number of nitrogens with one attached hydrogen (secondary N) is 1. The highest BCUT2D eigenvalue weighted by Crippen LogP contribution is 2.39. The van der Waals surface area contributed by atoms with Crippen molar-refractivity contribution in [2.75, 3.05) is 75.9 Å². The van der Waals surface area contributed by atoms with Crippen molar-refractivity contribution in [1.82, 2.24) is 19.8 Å². The Labute approximate surface area is 440 Å². The average Bonchev–Trinajstić information content (AvgIpc) is 4.23. The number of halogens is 2. The first-order chi connectivity index (χ1) is 36.6. The SMILES string of the molecule is O=C(O)[C@H](c1cc(F)ccc1[C@@H]1CCCO1)N1CC[C@@H](OCCCCCc2ccc3c(n2)NCC(N2CCCc4ccc(CCCCCO[C@@H]5CCN([C@@H](C(=O)O)c6cc(F)ccc6[C@H]6CCCCO6)C5)nc42)C3)C1. The highest BCUT2D eigenvalue weighted by atomic mass is 19.1. The molecule has 1 unspecified atom stereocenters. The third kappa shape index (κ3) is 13.2. The summed E-state index contributed by atoms with van der Waals surface area (Å²) in [5.41, 5.74) is 7.29. The van der Waals surface area contributed by atoms with Crippen molar-refractivity contribution >= 4 is 23.6 Å². The van der Waals surface area contributed by atoms with Crippen molar-refractivity contribution in [2.45, 2.75) is 158 Å². The van der Waals surface area contributed by atoms with E-state index in [1.54, 1.807) is 12.1 Å². The number of aromatic nitrogens is 2. The maximum atomic E-state index is 14.5. The van der Waals surface area contributed by atoms with Crippen LogP contribution in [0.15, 0.2) is 60.7 Å². The van der Waals surface area contributed by atoms with E-state index in [1.807, 2.05) is 9.80 Å². The minimum Gasteiger partial charge on any atom is -0.480 e. The Hall–Kier alpha value is -5.10. The second-order valence-corrected chi connectivity index (χ2v) is 21.7. The fourth-order valence-electron chi connectivity index (χ4n) is 12.6. The first-order valence-electron chi connectivity index (χ1n) is 28.1. The lowest BCUT2D eigenvalue weighted by molar-refractivity contribution is -0.144. The Morgan fingerprint density at radius 2 is 1.23 bits per heavy atom. The Morgan fingerprint density at radius 1 is 0.653 bits per heavy atom. The summed E-state index contributed by atoms with van der Waals surface area (Å²) in [4.78, 5) is 42.0. The molecule has 14 nitrogen and oxygen atoms in total. The van der Waals surface area contributed by atoms with Crippen molar-refractivity contribution in [3.63, 3.8) is 0 Å². The molecule has 75 heavy (non-hydrogen) atoms. The number of nitrogens with zero attached hydrogens (tertiary/aromatic N) is 5. The third-order valence-corrected chi connectivity index (χ3v) is 16.5. The smallest absolute Gasteiger partial charge is 0.325 e. The molecule has 4 saturated heterocycles. The molecule has 7 atom stereocenters. The van der Waals surface area contributed by atoms with Crippen molar-refractivity contribution in [3.05, 3.63) is 117 Å². The predicted octanol–water partition coefficient (Wildman–Crippen LogP) is 9.90. The van der Waals surface area contributed by atoms with Crippen molar-refractivity contribution in [2.24, 2.45) is 0 Å². The number of rotatable bonds is 23. The number of unbranched alkanes of at least 4 members (excludes halogenated alkanes) is 4. The normalized spacial score (nSPS) is 23.9. The van der Waals surface area contributed by atoms with Gasteiger partial charge in [-0.3, -0.25) is 19.4 Å². The molecule has 4 fully saturated rings. The van der Waals surface area contributed by atoms with E-state index in [4.69, 9.17) is 28.9 Å². The maximum Gasteiger partial charge on any atom is 0.325 e. The molecular formula is C59H76F2N6O8. The van der Waals surface area contributed by atoms with Gasteiger partial charge in [-0.25, -0.2) is 18.7 Å². The number of carboxylic acids is 2. The Bertz CT molecular complexity index is 2580. The van der Waals surface area contributed by atoms with Gasteiger partial charge in [0.1, 0.15) is 35.4 Å². The third-order valence-electron chi connectivity index (χ3n) is 16.5. The van der Waals surface area contributed by atoms with E-state index in [0.29, 0.717) is 63.7 Å². The summed E-state index contributed by atoms with van der Waals surface area (Å²) < 4.78 is 53.4. The lowest BCUT2D eigenvalue weighted by atomic mass is 9.92. The van der Waals surface area contributed by atoms with Gasteiger partial charge in [-0.2, -0.15) is 0 Å². The molecule has 8 heterocycles.